The van der Waals surface area contributed by atoms with Crippen molar-refractivity contribution in [1.29, 1.82) is 0 Å². The number of thioether (sulfide) groups is 1. The number of nitrogens with zero attached hydrogens (tertiary/aromatic N) is 1. The average molecular weight is 403 g/mol. The maximum atomic E-state index is 12.2. The summed E-state index contributed by atoms with van der Waals surface area (Å²) in [5, 5.41) is 2.61. The van der Waals surface area contributed by atoms with E-state index >= 15 is 0 Å². The van der Waals surface area contributed by atoms with Gasteiger partial charge in [-0.1, -0.05) is 0 Å². The summed E-state index contributed by atoms with van der Waals surface area (Å²) in [4.78, 5) is 37.4. The lowest BCUT2D eigenvalue weighted by molar-refractivity contribution is -0.118. The number of nitrogens with one attached hydrogen (secondary N) is 1. The second-order valence-corrected chi connectivity index (χ2v) is 7.47. The molecule has 0 aliphatic carbocycles. The number of carbonyl (C=O) groups excluding carboxylic acids is 2. The zero-order valence-electron chi connectivity index (χ0n) is 15.2. The molecule has 8 nitrogen and oxygen atoms in total. The van der Waals surface area contributed by atoms with Gasteiger partial charge >= 0.3 is 0 Å². The van der Waals surface area contributed by atoms with Crippen LogP contribution in [-0.2, 0) is 11.3 Å². The largest absolute Gasteiger partial charge is 0.477 e. The molecule has 0 radical (unpaired) electrons. The maximum absolute atomic E-state index is 12.2. The molecule has 2 heterocycles. The molecule has 1 saturated heterocycles. The molecule has 1 aromatic carbocycles. The Morgan fingerprint density at radius 3 is 2.57 bits per heavy atom. The fraction of sp³-hybridized carbons (Fsp3) is 0.316. The van der Waals surface area contributed by atoms with Crippen LogP contribution < -0.4 is 21.2 Å². The molecule has 0 bridgehead atoms. The molecule has 3 N–H and O–H groups in total. The van der Waals surface area contributed by atoms with Gasteiger partial charge in [0.25, 0.3) is 5.91 Å². The van der Waals surface area contributed by atoms with Crippen LogP contribution >= 0.6 is 11.8 Å². The molecular formula is C19H21N3O5S. The van der Waals surface area contributed by atoms with E-state index in [1.807, 2.05) is 11.8 Å². The minimum absolute atomic E-state index is 0.0165. The summed E-state index contributed by atoms with van der Waals surface area (Å²) in [6.45, 7) is 2.17. The molecule has 9 heteroatoms. The van der Waals surface area contributed by atoms with E-state index in [2.05, 4.69) is 10.2 Å². The Bertz CT molecular complexity index is 891. The summed E-state index contributed by atoms with van der Waals surface area (Å²) in [5.74, 6) is 1.72. The normalized spacial score (nSPS) is 14.4. The summed E-state index contributed by atoms with van der Waals surface area (Å²) in [6.07, 6.45) is 1.24. The van der Waals surface area contributed by atoms with Gasteiger partial charge in [-0.15, -0.1) is 0 Å². The van der Waals surface area contributed by atoms with Gasteiger partial charge < -0.3 is 20.2 Å². The Balaban J connectivity index is 1.51. The highest BCUT2D eigenvalue weighted by Gasteiger charge is 2.14. The van der Waals surface area contributed by atoms with Crippen LogP contribution in [0.4, 0.5) is 5.69 Å². The Hall–Kier alpha value is -2.78. The Labute approximate surface area is 166 Å². The molecule has 0 spiro atoms. The van der Waals surface area contributed by atoms with E-state index in [4.69, 9.17) is 14.9 Å². The van der Waals surface area contributed by atoms with Crippen LogP contribution in [0.2, 0.25) is 0 Å². The predicted molar refractivity (Wildman–Crippen MR) is 107 cm³/mol. The van der Waals surface area contributed by atoms with Gasteiger partial charge in [0.05, 0.1) is 6.54 Å². The highest BCUT2D eigenvalue weighted by Crippen LogP contribution is 2.14. The molecule has 1 fully saturated rings. The van der Waals surface area contributed by atoms with Gasteiger partial charge in [-0.2, -0.15) is 11.8 Å². The number of amides is 2. The first kappa shape index (κ1) is 20.0. The van der Waals surface area contributed by atoms with E-state index in [0.717, 1.165) is 24.6 Å². The number of anilines is 1. The van der Waals surface area contributed by atoms with Gasteiger partial charge in [-0.05, 0) is 24.3 Å². The summed E-state index contributed by atoms with van der Waals surface area (Å²) in [6, 6.07) is 7.53. The summed E-state index contributed by atoms with van der Waals surface area (Å²) >= 11 is 1.91. The third-order valence-electron chi connectivity index (χ3n) is 4.15. The van der Waals surface area contributed by atoms with E-state index in [-0.39, 0.29) is 17.8 Å². The van der Waals surface area contributed by atoms with Crippen LogP contribution in [0.3, 0.4) is 0 Å². The van der Waals surface area contributed by atoms with E-state index < -0.39 is 11.8 Å². The average Bonchev–Trinajstić information content (AvgIpc) is 2.68. The van der Waals surface area contributed by atoms with E-state index in [0.29, 0.717) is 23.6 Å². The number of primary amides is 1. The van der Waals surface area contributed by atoms with Gasteiger partial charge in [0.1, 0.15) is 12.0 Å². The first-order valence-corrected chi connectivity index (χ1v) is 9.91. The number of nitrogens with two attached hydrogens (primary N) is 1. The Morgan fingerprint density at radius 1 is 1.21 bits per heavy atom. The molecule has 1 aliphatic rings. The Morgan fingerprint density at radius 2 is 1.93 bits per heavy atom. The summed E-state index contributed by atoms with van der Waals surface area (Å²) in [7, 11) is 0. The molecule has 28 heavy (non-hydrogen) atoms. The molecule has 0 atom stereocenters. The van der Waals surface area contributed by atoms with E-state index in [1.54, 1.807) is 12.1 Å². The van der Waals surface area contributed by atoms with Crippen LogP contribution in [-0.4, -0.2) is 47.9 Å². The summed E-state index contributed by atoms with van der Waals surface area (Å²) in [5.41, 5.74) is 5.67. The maximum Gasteiger partial charge on any atom is 0.262 e. The van der Waals surface area contributed by atoms with Crippen molar-refractivity contribution in [2.24, 2.45) is 5.73 Å². The van der Waals surface area contributed by atoms with Crippen LogP contribution in [0.15, 0.2) is 45.8 Å². The molecule has 3 rings (SSSR count). The van der Waals surface area contributed by atoms with Crippen molar-refractivity contribution in [2.75, 3.05) is 36.5 Å². The highest BCUT2D eigenvalue weighted by atomic mass is 32.2. The molecule has 2 amide bonds. The molecule has 1 aromatic heterocycles. The van der Waals surface area contributed by atoms with Crippen molar-refractivity contribution < 1.29 is 18.7 Å². The minimum Gasteiger partial charge on any atom is -0.477 e. The number of ether oxygens (including phenoxy) is 1. The smallest absolute Gasteiger partial charge is 0.262 e. The number of hydrogen-bond acceptors (Lipinski definition) is 7. The molecule has 1 aliphatic heterocycles. The van der Waals surface area contributed by atoms with Gasteiger partial charge in [-0.3, -0.25) is 19.3 Å². The lowest BCUT2D eigenvalue weighted by Gasteiger charge is -2.25. The van der Waals surface area contributed by atoms with Gasteiger partial charge in [-0.25, -0.2) is 0 Å². The lowest BCUT2D eigenvalue weighted by Crippen LogP contribution is -2.32. The van der Waals surface area contributed by atoms with Crippen LogP contribution in [0, 0.1) is 0 Å². The number of rotatable bonds is 7. The monoisotopic (exact) mass is 403 g/mol. The first-order valence-electron chi connectivity index (χ1n) is 8.75. The van der Waals surface area contributed by atoms with Crippen LogP contribution in [0.5, 0.6) is 5.75 Å². The fourth-order valence-electron chi connectivity index (χ4n) is 2.66. The standard InChI is InChI=1S/C19H21N3O5S/c20-19(25)13-1-3-14(4-2-13)21-18(24)12-27-17-11-26-15(9-16(17)23)10-22-5-7-28-8-6-22/h1-4,9,11H,5-8,10,12H2,(H2,20,25)(H,21,24). The number of benzene rings is 1. The van der Waals surface area contributed by atoms with Gasteiger partial charge in [0.15, 0.2) is 6.61 Å². The zero-order chi connectivity index (χ0) is 19.9. The van der Waals surface area contributed by atoms with E-state index in [1.165, 1.54) is 24.5 Å². The Kier molecular flexibility index (Phi) is 6.72. The molecule has 148 valence electrons. The van der Waals surface area contributed by atoms with Gasteiger partial charge in [0.2, 0.25) is 17.1 Å². The number of hydrogen-bond donors (Lipinski definition) is 2. The zero-order valence-corrected chi connectivity index (χ0v) is 16.0. The quantitative estimate of drug-likeness (QED) is 0.716. The number of carbonyl (C=O) groups is 2. The minimum atomic E-state index is -0.546. The van der Waals surface area contributed by atoms with Crippen molar-refractivity contribution in [3.8, 4) is 5.75 Å². The van der Waals surface area contributed by atoms with Crippen molar-refractivity contribution in [3.63, 3.8) is 0 Å². The third-order valence-corrected chi connectivity index (χ3v) is 5.09. The van der Waals surface area contributed by atoms with Crippen molar-refractivity contribution in [2.45, 2.75) is 6.54 Å². The second kappa shape index (κ2) is 9.43. The SMILES string of the molecule is NC(=O)c1ccc(NC(=O)COc2coc(CN3CCSCC3)cc2=O)cc1. The summed E-state index contributed by atoms with van der Waals surface area (Å²) < 4.78 is 10.7. The van der Waals surface area contributed by atoms with Crippen molar-refractivity contribution >= 4 is 29.3 Å². The first-order chi connectivity index (χ1) is 13.5. The van der Waals surface area contributed by atoms with Crippen LogP contribution in [0.1, 0.15) is 16.1 Å². The highest BCUT2D eigenvalue weighted by molar-refractivity contribution is 7.99. The molecule has 0 unspecified atom stereocenters. The molecular weight excluding hydrogens is 382 g/mol. The van der Waals surface area contributed by atoms with E-state index in [9.17, 15) is 14.4 Å². The third kappa shape index (κ3) is 5.61. The predicted octanol–water partition coefficient (Wildman–Crippen LogP) is 1.30. The topological polar surface area (TPSA) is 115 Å². The van der Waals surface area contributed by atoms with Gasteiger partial charge in [0, 0.05) is 41.9 Å². The fourth-order valence-corrected chi connectivity index (χ4v) is 3.64. The molecule has 0 saturated carbocycles. The molecule has 2 aromatic rings. The lowest BCUT2D eigenvalue weighted by atomic mass is 10.2. The van der Waals surface area contributed by atoms with Crippen molar-refractivity contribution in [1.82, 2.24) is 4.90 Å². The van der Waals surface area contributed by atoms with Crippen LogP contribution in [0.25, 0.3) is 0 Å². The van der Waals surface area contributed by atoms with Crippen molar-refractivity contribution in [3.05, 3.63) is 58.1 Å². The second-order valence-electron chi connectivity index (χ2n) is 6.24.